The van der Waals surface area contributed by atoms with Crippen LogP contribution in [-0.2, 0) is 4.74 Å². The van der Waals surface area contributed by atoms with Crippen LogP contribution >= 0.6 is 0 Å². The molecule has 1 aliphatic heterocycles. The minimum atomic E-state index is -0.508. The number of aliphatic hydroxyl groups excluding tert-OH is 1. The maximum absolute atomic E-state index is 9.65. The second kappa shape index (κ2) is 6.45. The van der Waals surface area contributed by atoms with Crippen molar-refractivity contribution in [3.05, 3.63) is 11.3 Å². The zero-order chi connectivity index (χ0) is 12.8. The van der Waals surface area contributed by atoms with E-state index in [1.54, 1.807) is 7.11 Å². The molecule has 0 amide bonds. The zero-order valence-corrected chi connectivity index (χ0v) is 11.0. The highest BCUT2D eigenvalue weighted by molar-refractivity contribution is 5.91. The molecule has 5 heteroatoms. The van der Waals surface area contributed by atoms with Crippen LogP contribution in [0.5, 0.6) is 0 Å². The van der Waals surface area contributed by atoms with Gasteiger partial charge in [-0.2, -0.15) is 0 Å². The summed E-state index contributed by atoms with van der Waals surface area (Å²) in [6, 6.07) is 0. The Morgan fingerprint density at radius 2 is 2.29 bits per heavy atom. The quantitative estimate of drug-likeness (QED) is 0.648. The van der Waals surface area contributed by atoms with Crippen LogP contribution < -0.4 is 9.98 Å². The largest absolute Gasteiger partial charge is 0.445 e. The number of allylic oxidation sites excluding steroid dienone is 2. The van der Waals surface area contributed by atoms with Crippen molar-refractivity contribution in [2.24, 2.45) is 0 Å². The lowest BCUT2D eigenvalue weighted by atomic mass is 10.2. The molecule has 0 aliphatic carbocycles. The summed E-state index contributed by atoms with van der Waals surface area (Å²) < 4.78 is 9.22. The molecular formula is C12H22N3O2+. The topological polar surface area (TPSA) is 58.8 Å². The third-order valence-electron chi connectivity index (χ3n) is 2.68. The second-order valence-electron chi connectivity index (χ2n) is 4.21. The van der Waals surface area contributed by atoms with Gasteiger partial charge in [0, 0.05) is 12.7 Å². The van der Waals surface area contributed by atoms with Gasteiger partial charge in [0.25, 0.3) is 0 Å². The Morgan fingerprint density at radius 3 is 2.88 bits per heavy atom. The fourth-order valence-corrected chi connectivity index (χ4v) is 1.71. The van der Waals surface area contributed by atoms with Crippen molar-refractivity contribution in [1.82, 2.24) is 14.9 Å². The summed E-state index contributed by atoms with van der Waals surface area (Å²) in [6.07, 6.45) is 2.28. The van der Waals surface area contributed by atoms with Gasteiger partial charge in [-0.15, -0.1) is 0 Å². The SMILES string of the molecule is CCC1=C(C)C=[N+]=C(N(C)CC(O)COC)N1. The Kier molecular flexibility index (Phi) is 5.22. The molecule has 0 spiro atoms. The molecule has 0 aromatic rings. The number of methoxy groups -OCH3 is 1. The van der Waals surface area contributed by atoms with Crippen LogP contribution in [0, 0.1) is 0 Å². The van der Waals surface area contributed by atoms with Crippen LogP contribution in [0.1, 0.15) is 20.3 Å². The van der Waals surface area contributed by atoms with Gasteiger partial charge in [0.15, 0.2) is 6.21 Å². The lowest BCUT2D eigenvalue weighted by molar-refractivity contribution is 0.0534. The first-order chi connectivity index (χ1) is 8.08. The van der Waals surface area contributed by atoms with Crippen LogP contribution in [0.2, 0.25) is 0 Å². The number of nitrogens with one attached hydrogen (secondary N) is 1. The molecule has 1 aliphatic rings. The van der Waals surface area contributed by atoms with E-state index in [1.807, 2.05) is 25.1 Å². The van der Waals surface area contributed by atoms with Crippen LogP contribution in [0.25, 0.3) is 0 Å². The van der Waals surface area contributed by atoms with E-state index in [-0.39, 0.29) is 0 Å². The molecule has 0 saturated heterocycles. The van der Waals surface area contributed by atoms with Crippen LogP contribution in [0.3, 0.4) is 0 Å². The monoisotopic (exact) mass is 240 g/mol. The molecule has 1 unspecified atom stereocenters. The van der Waals surface area contributed by atoms with Crippen molar-refractivity contribution < 1.29 is 9.84 Å². The van der Waals surface area contributed by atoms with Crippen molar-refractivity contribution in [3.8, 4) is 0 Å². The standard InChI is InChI=1S/C12H21N3O2/c1-5-11-9(2)6-13-12(14-11)15(3)7-10(16)8-17-4/h6,10,16H,5,7-8H2,1-4H3/p+1. The number of rotatable bonds is 5. The van der Waals surface area contributed by atoms with Gasteiger partial charge in [-0.1, -0.05) is 6.92 Å². The van der Waals surface area contributed by atoms with Gasteiger partial charge in [-0.25, -0.2) is 9.98 Å². The lowest BCUT2D eigenvalue weighted by Crippen LogP contribution is -2.46. The summed E-state index contributed by atoms with van der Waals surface area (Å²) in [5, 5.41) is 12.9. The molecule has 1 rings (SSSR count). The van der Waals surface area contributed by atoms with E-state index in [0.29, 0.717) is 13.2 Å². The fraction of sp³-hybridized carbons (Fsp3) is 0.667. The molecule has 0 aromatic heterocycles. The number of guanidine groups is 1. The van der Waals surface area contributed by atoms with Gasteiger partial charge in [0.05, 0.1) is 25.9 Å². The highest BCUT2D eigenvalue weighted by Crippen LogP contribution is 2.05. The second-order valence-corrected chi connectivity index (χ2v) is 4.21. The molecule has 1 heterocycles. The Hall–Kier alpha value is -1.29. The van der Waals surface area contributed by atoms with Gasteiger partial charge in [0.1, 0.15) is 6.10 Å². The molecular weight excluding hydrogens is 218 g/mol. The lowest BCUT2D eigenvalue weighted by Gasteiger charge is -2.18. The molecule has 0 saturated carbocycles. The first kappa shape index (κ1) is 13.8. The minimum absolute atomic E-state index is 0.330. The number of hydrogen-bond donors (Lipinski definition) is 2. The number of ether oxygens (including phenoxy) is 1. The molecule has 0 radical (unpaired) electrons. The molecule has 17 heavy (non-hydrogen) atoms. The van der Waals surface area contributed by atoms with Crippen molar-refractivity contribution in [2.45, 2.75) is 26.4 Å². The van der Waals surface area contributed by atoms with Crippen molar-refractivity contribution in [3.63, 3.8) is 0 Å². The predicted octanol–water partition coefficient (Wildman–Crippen LogP) is -0.293. The van der Waals surface area contributed by atoms with Crippen molar-refractivity contribution >= 4 is 12.2 Å². The third-order valence-corrected chi connectivity index (χ3v) is 2.68. The third kappa shape index (κ3) is 3.89. The Balaban J connectivity index is 2.61. The van der Waals surface area contributed by atoms with Crippen LogP contribution in [0.4, 0.5) is 0 Å². The van der Waals surface area contributed by atoms with Gasteiger partial charge in [-0.3, -0.25) is 4.90 Å². The van der Waals surface area contributed by atoms with Gasteiger partial charge >= 0.3 is 5.96 Å². The van der Waals surface area contributed by atoms with E-state index < -0.39 is 6.10 Å². The number of aliphatic hydroxyl groups is 1. The Morgan fingerprint density at radius 1 is 1.59 bits per heavy atom. The molecule has 0 aromatic carbocycles. The number of likely N-dealkylation sites (N-methyl/N-ethyl adjacent to an activating group) is 1. The summed E-state index contributed by atoms with van der Waals surface area (Å²) in [4.78, 5) is 1.89. The number of nitrogens with zero attached hydrogens (tertiary/aromatic N) is 2. The summed E-state index contributed by atoms with van der Waals surface area (Å²) in [6.45, 7) is 4.95. The molecule has 2 N–H and O–H groups in total. The summed E-state index contributed by atoms with van der Waals surface area (Å²) in [5.41, 5.74) is 2.32. The van der Waals surface area contributed by atoms with E-state index in [1.165, 1.54) is 5.70 Å². The van der Waals surface area contributed by atoms with E-state index in [0.717, 1.165) is 18.0 Å². The molecule has 96 valence electrons. The minimum Gasteiger partial charge on any atom is -0.387 e. The molecule has 0 bridgehead atoms. The molecule has 5 nitrogen and oxygen atoms in total. The van der Waals surface area contributed by atoms with Crippen LogP contribution in [0.15, 0.2) is 11.3 Å². The maximum Gasteiger partial charge on any atom is 0.445 e. The van der Waals surface area contributed by atoms with E-state index >= 15 is 0 Å². The first-order valence-corrected chi connectivity index (χ1v) is 5.84. The van der Waals surface area contributed by atoms with Crippen LogP contribution in [-0.4, -0.2) is 55.6 Å². The Labute approximate surface area is 103 Å². The maximum atomic E-state index is 9.65. The highest BCUT2D eigenvalue weighted by Gasteiger charge is 2.23. The van der Waals surface area contributed by atoms with E-state index in [4.69, 9.17) is 4.74 Å². The zero-order valence-electron chi connectivity index (χ0n) is 11.0. The smallest absolute Gasteiger partial charge is 0.387 e. The van der Waals surface area contributed by atoms with Crippen molar-refractivity contribution in [2.75, 3.05) is 27.3 Å². The number of hydrogen-bond acceptors (Lipinski definition) is 4. The Bertz CT molecular complexity index is 357. The van der Waals surface area contributed by atoms with E-state index in [9.17, 15) is 5.11 Å². The average Bonchev–Trinajstić information content (AvgIpc) is 2.29. The normalized spacial score (nSPS) is 16.6. The highest BCUT2D eigenvalue weighted by atomic mass is 16.5. The average molecular weight is 240 g/mol. The summed E-state index contributed by atoms with van der Waals surface area (Å²) in [7, 11) is 3.47. The molecule has 1 atom stereocenters. The van der Waals surface area contributed by atoms with Gasteiger partial charge < -0.3 is 9.84 Å². The summed E-state index contributed by atoms with van der Waals surface area (Å²) in [5.74, 6) is 0.766. The fourth-order valence-electron chi connectivity index (χ4n) is 1.71. The molecule has 0 fully saturated rings. The van der Waals surface area contributed by atoms with Crippen molar-refractivity contribution in [1.29, 1.82) is 0 Å². The summed E-state index contributed by atoms with van der Waals surface area (Å²) >= 11 is 0. The van der Waals surface area contributed by atoms with Gasteiger partial charge in [0.2, 0.25) is 0 Å². The van der Waals surface area contributed by atoms with Gasteiger partial charge in [-0.05, 0) is 13.3 Å². The first-order valence-electron chi connectivity index (χ1n) is 5.84. The predicted molar refractivity (Wildman–Crippen MR) is 69.8 cm³/mol. The van der Waals surface area contributed by atoms with E-state index in [2.05, 4.69) is 16.9 Å².